The van der Waals surface area contributed by atoms with E-state index in [2.05, 4.69) is 48.0 Å². The highest BCUT2D eigenvalue weighted by molar-refractivity contribution is 6.05. The van der Waals surface area contributed by atoms with Crippen LogP contribution >= 0.6 is 0 Å². The lowest BCUT2D eigenvalue weighted by Crippen LogP contribution is -2.52. The Morgan fingerprint density at radius 1 is 0.795 bits per heavy atom. The van der Waals surface area contributed by atoms with E-state index in [1.165, 1.54) is 0 Å². The molecule has 3 aromatic carbocycles. The van der Waals surface area contributed by atoms with E-state index in [9.17, 15) is 24.0 Å². The SMILES string of the molecule is C[C@@H](NC(=O)c1cccc(NC2(c3nc(-c4ccncc4)n[nH]3)CCN(C)CC2)c1)c1cccc(OCCCCCCOCCOCCOCCC(=O)N2CCN(c3ccc4c(c3)CN(C3CCC(=O)NC3=O)C4=O)CC2)c1. The number of carbonyl (C=O) groups is 5. The Bertz CT molecular complexity index is 2830. The molecule has 78 heavy (non-hydrogen) atoms. The summed E-state index contributed by atoms with van der Waals surface area (Å²) in [6.45, 7) is 10.0. The Morgan fingerprint density at radius 2 is 1.53 bits per heavy atom. The molecule has 5 aromatic rings. The number of fused-ring (bicyclic) bond motifs is 1. The van der Waals surface area contributed by atoms with Gasteiger partial charge in [-0.15, -0.1) is 0 Å². The monoisotopic (exact) mass is 1070 g/mol. The van der Waals surface area contributed by atoms with Crippen LogP contribution in [-0.2, 0) is 40.7 Å². The minimum atomic E-state index is -0.642. The van der Waals surface area contributed by atoms with E-state index in [1.807, 2.05) is 90.7 Å². The van der Waals surface area contributed by atoms with Crippen LogP contribution in [0.4, 0.5) is 11.4 Å². The fraction of sp³-hybridized carbons (Fsp3) is 0.483. The van der Waals surface area contributed by atoms with Crippen LogP contribution in [0.25, 0.3) is 11.4 Å². The lowest BCUT2D eigenvalue weighted by atomic mass is 9.86. The third-order valence-corrected chi connectivity index (χ3v) is 15.1. The number of hydrogen-bond donors (Lipinski definition) is 4. The number of benzene rings is 3. The van der Waals surface area contributed by atoms with Crippen LogP contribution in [0.2, 0.25) is 0 Å². The van der Waals surface area contributed by atoms with E-state index in [4.69, 9.17) is 23.9 Å². The van der Waals surface area contributed by atoms with Gasteiger partial charge in [-0.2, -0.15) is 5.10 Å². The summed E-state index contributed by atoms with van der Waals surface area (Å²) in [5.41, 5.74) is 5.20. The molecular weight excluding hydrogens is 995 g/mol. The first-order valence-electron chi connectivity index (χ1n) is 27.5. The lowest BCUT2D eigenvalue weighted by Gasteiger charge is -2.40. The number of imide groups is 1. The third kappa shape index (κ3) is 14.5. The van der Waals surface area contributed by atoms with Crippen molar-refractivity contribution in [2.45, 2.75) is 88.9 Å². The molecule has 3 fully saturated rings. The standard InChI is InChI=1S/C58H73N11O9/c1-41(60-54(72)44-10-7-11-46(37-44)63-58(20-24-66(2)25-21-58)57-62-53(64-65-57)42-17-22-59-23-18-42)43-9-8-12-48(39-43)78-31-6-4-3-5-30-75-33-35-77-36-34-76-32-19-52(71)68-28-26-67(27-29-68)47-13-14-49-45(38-47)40-69(56(49)74)50-15-16-51(70)61-55(50)73/h7-14,17-18,22-23,37-39,41,50,63H,3-6,15-16,19-21,24-36,40H2,1-2H3,(H,60,72)(H,61,70,73)(H,62,64,65)/t41-,50?/m1/s1. The number of aromatic nitrogens is 4. The van der Waals surface area contributed by atoms with E-state index in [-0.39, 0.29) is 36.1 Å². The number of pyridine rings is 1. The average Bonchev–Trinajstić information content (AvgIpc) is 4.16. The summed E-state index contributed by atoms with van der Waals surface area (Å²) >= 11 is 0. The second-order valence-corrected chi connectivity index (χ2v) is 20.6. The summed E-state index contributed by atoms with van der Waals surface area (Å²) in [6.07, 6.45) is 9.88. The van der Waals surface area contributed by atoms with Gasteiger partial charge in [0.2, 0.25) is 17.7 Å². The number of rotatable bonds is 26. The molecule has 414 valence electrons. The average molecular weight is 1070 g/mol. The maximum Gasteiger partial charge on any atom is 0.255 e. The Kier molecular flexibility index (Phi) is 19.1. The zero-order valence-corrected chi connectivity index (χ0v) is 44.9. The van der Waals surface area contributed by atoms with Crippen molar-refractivity contribution in [3.63, 3.8) is 0 Å². The van der Waals surface area contributed by atoms with Gasteiger partial charge in [0.05, 0.1) is 57.6 Å². The molecule has 3 saturated heterocycles. The Hall–Kier alpha value is -7.26. The van der Waals surface area contributed by atoms with Crippen LogP contribution in [0.5, 0.6) is 5.75 Å². The zero-order chi connectivity index (χ0) is 54.3. The van der Waals surface area contributed by atoms with Gasteiger partial charge in [-0.05, 0) is 124 Å². The van der Waals surface area contributed by atoms with E-state index in [0.717, 1.165) is 91.3 Å². The molecule has 1 unspecified atom stereocenters. The van der Waals surface area contributed by atoms with Gasteiger partial charge in [0.25, 0.3) is 11.8 Å². The fourth-order valence-corrected chi connectivity index (χ4v) is 10.5. The Labute approximate surface area is 455 Å². The molecular formula is C58H73N11O9. The molecule has 4 aliphatic rings. The van der Waals surface area contributed by atoms with E-state index >= 15 is 0 Å². The molecule has 0 saturated carbocycles. The molecule has 2 aromatic heterocycles. The third-order valence-electron chi connectivity index (χ3n) is 15.1. The molecule has 0 radical (unpaired) electrons. The van der Waals surface area contributed by atoms with Crippen molar-refractivity contribution in [3.05, 3.63) is 119 Å². The number of H-pyrrole nitrogens is 1. The molecule has 0 spiro atoms. The van der Waals surface area contributed by atoms with Crippen molar-refractivity contribution >= 4 is 40.9 Å². The number of carbonyl (C=O) groups excluding carboxylic acids is 5. The summed E-state index contributed by atoms with van der Waals surface area (Å²) in [7, 11) is 2.12. The molecule has 6 heterocycles. The van der Waals surface area contributed by atoms with Crippen LogP contribution in [0.15, 0.2) is 91.3 Å². The number of nitrogens with one attached hydrogen (secondary N) is 4. The maximum atomic E-state index is 13.6. The van der Waals surface area contributed by atoms with Crippen molar-refractivity contribution in [2.24, 2.45) is 0 Å². The number of unbranched alkanes of at least 4 members (excludes halogenated alkanes) is 3. The molecule has 0 aliphatic carbocycles. The van der Waals surface area contributed by atoms with Crippen molar-refractivity contribution in [3.8, 4) is 17.1 Å². The summed E-state index contributed by atoms with van der Waals surface area (Å²) in [5, 5.41) is 17.0. The number of aromatic amines is 1. The van der Waals surface area contributed by atoms with Gasteiger partial charge in [-0.1, -0.05) is 24.6 Å². The number of piperazine rings is 1. The number of ether oxygens (including phenoxy) is 4. The van der Waals surface area contributed by atoms with Gasteiger partial charge in [0, 0.05) is 99.3 Å². The van der Waals surface area contributed by atoms with Gasteiger partial charge in [-0.25, -0.2) is 4.98 Å². The van der Waals surface area contributed by atoms with Crippen molar-refractivity contribution in [1.29, 1.82) is 0 Å². The van der Waals surface area contributed by atoms with Crippen LogP contribution in [0.3, 0.4) is 0 Å². The van der Waals surface area contributed by atoms with Gasteiger partial charge < -0.3 is 49.2 Å². The van der Waals surface area contributed by atoms with E-state index < -0.39 is 17.5 Å². The maximum absolute atomic E-state index is 13.6. The molecule has 20 heteroatoms. The molecule has 20 nitrogen and oxygen atoms in total. The van der Waals surface area contributed by atoms with Crippen LogP contribution in [0.1, 0.15) is 108 Å². The van der Waals surface area contributed by atoms with E-state index in [1.54, 1.807) is 17.3 Å². The predicted octanol–water partition coefficient (Wildman–Crippen LogP) is 5.88. The second kappa shape index (κ2) is 26.9. The van der Waals surface area contributed by atoms with Crippen molar-refractivity contribution in [1.82, 2.24) is 45.5 Å². The number of amides is 5. The topological polar surface area (TPSA) is 226 Å². The molecule has 9 rings (SSSR count). The normalized spacial score (nSPS) is 17.9. The number of anilines is 2. The van der Waals surface area contributed by atoms with E-state index in [0.29, 0.717) is 109 Å². The summed E-state index contributed by atoms with van der Waals surface area (Å²) in [4.78, 5) is 80.6. The highest BCUT2D eigenvalue weighted by atomic mass is 16.5. The van der Waals surface area contributed by atoms with Gasteiger partial charge in [-0.3, -0.25) is 39.4 Å². The highest BCUT2D eigenvalue weighted by Gasteiger charge is 2.41. The summed E-state index contributed by atoms with van der Waals surface area (Å²) in [5.74, 6) is 1.15. The van der Waals surface area contributed by atoms with Crippen LogP contribution in [0, 0.1) is 0 Å². The molecule has 2 atom stereocenters. The summed E-state index contributed by atoms with van der Waals surface area (Å²) in [6, 6.07) is 24.2. The smallest absolute Gasteiger partial charge is 0.255 e. The molecule has 0 bridgehead atoms. The quantitative estimate of drug-likeness (QED) is 0.0375. The van der Waals surface area contributed by atoms with Gasteiger partial charge in [0.15, 0.2) is 11.6 Å². The van der Waals surface area contributed by atoms with Crippen LogP contribution < -0.4 is 25.6 Å². The molecule has 4 aliphatic heterocycles. The molecule has 4 N–H and O–H groups in total. The summed E-state index contributed by atoms with van der Waals surface area (Å²) < 4.78 is 23.2. The number of piperidine rings is 2. The first kappa shape index (κ1) is 55.5. The van der Waals surface area contributed by atoms with Gasteiger partial charge >= 0.3 is 0 Å². The highest BCUT2D eigenvalue weighted by Crippen LogP contribution is 2.36. The minimum Gasteiger partial charge on any atom is -0.494 e. The first-order valence-corrected chi connectivity index (χ1v) is 27.5. The molecule has 5 amide bonds. The fourth-order valence-electron chi connectivity index (χ4n) is 10.5. The van der Waals surface area contributed by atoms with Gasteiger partial charge in [0.1, 0.15) is 11.8 Å². The Morgan fingerprint density at radius 3 is 2.29 bits per heavy atom. The largest absolute Gasteiger partial charge is 0.494 e. The lowest BCUT2D eigenvalue weighted by molar-refractivity contribution is -0.137. The number of likely N-dealkylation sites (tertiary alicyclic amines) is 1. The van der Waals surface area contributed by atoms with Crippen molar-refractivity contribution < 1.29 is 42.9 Å². The van der Waals surface area contributed by atoms with Crippen molar-refractivity contribution in [2.75, 3.05) is 103 Å². The number of hydrogen-bond acceptors (Lipinski definition) is 15. The number of nitrogens with zero attached hydrogens (tertiary/aromatic N) is 7. The second-order valence-electron chi connectivity index (χ2n) is 20.6. The zero-order valence-electron chi connectivity index (χ0n) is 44.9. The predicted molar refractivity (Wildman–Crippen MR) is 293 cm³/mol. The minimum absolute atomic E-state index is 0.0574. The Balaban J connectivity index is 0.585. The van der Waals surface area contributed by atoms with Crippen LogP contribution in [-0.4, -0.2) is 163 Å². The first-order chi connectivity index (χ1) is 38.0.